The summed E-state index contributed by atoms with van der Waals surface area (Å²) in [6, 6.07) is -0.573. The smallest absolute Gasteiger partial charge is 0.309 e. The maximum atomic E-state index is 13.5. The van der Waals surface area contributed by atoms with E-state index in [1.54, 1.807) is 23.9 Å². The molecule has 0 aromatic heterocycles. The molecule has 15 heteroatoms. The van der Waals surface area contributed by atoms with E-state index >= 15 is 0 Å². The number of ether oxygens (including phenoxy) is 2. The van der Waals surface area contributed by atoms with Gasteiger partial charge in [-0.15, -0.1) is 0 Å². The van der Waals surface area contributed by atoms with E-state index in [1.165, 1.54) is 0 Å². The van der Waals surface area contributed by atoms with Crippen LogP contribution in [0.2, 0.25) is 0 Å². The molecule has 15 nitrogen and oxygen atoms in total. The molecule has 2 heterocycles. The highest BCUT2D eigenvalue weighted by molar-refractivity contribution is 5.76. The van der Waals surface area contributed by atoms with E-state index in [4.69, 9.17) is 9.47 Å². The molecule has 16 unspecified atom stereocenters. The Kier molecular flexibility index (Phi) is 11.9. The van der Waals surface area contributed by atoms with Gasteiger partial charge in [0.15, 0.2) is 0 Å². The van der Waals surface area contributed by atoms with Crippen LogP contribution in [0.25, 0.3) is 0 Å². The van der Waals surface area contributed by atoms with Crippen molar-refractivity contribution in [3.8, 4) is 0 Å². The second-order valence-electron chi connectivity index (χ2n) is 14.8. The van der Waals surface area contributed by atoms with E-state index in [9.17, 15) is 55.9 Å². The lowest BCUT2D eigenvalue weighted by molar-refractivity contribution is -0.269. The van der Waals surface area contributed by atoms with Crippen LogP contribution in [0.5, 0.6) is 0 Å². The Labute approximate surface area is 275 Å². The van der Waals surface area contributed by atoms with Gasteiger partial charge in [0.05, 0.1) is 31.3 Å². The quantitative estimate of drug-likeness (QED) is 0.0725. The molecule has 0 radical (unpaired) electrons. The van der Waals surface area contributed by atoms with Gasteiger partial charge in [-0.1, -0.05) is 12.8 Å². The fourth-order valence-electron chi connectivity index (χ4n) is 9.71. The zero-order chi connectivity index (χ0) is 34.4. The molecule has 0 aromatic carbocycles. The number of hydrogen-bond acceptors (Lipinski definition) is 15. The Balaban J connectivity index is 1.38. The Bertz CT molecular complexity index is 998. The van der Waals surface area contributed by atoms with Crippen molar-refractivity contribution in [3.63, 3.8) is 0 Å². The van der Waals surface area contributed by atoms with Gasteiger partial charge in [0, 0.05) is 29.8 Å². The second-order valence-corrected chi connectivity index (χ2v) is 14.8. The first-order valence-corrected chi connectivity index (χ1v) is 17.3. The average Bonchev–Trinajstić information content (AvgIpc) is 3.39. The first kappa shape index (κ1) is 37.2. The lowest BCUT2D eigenvalue weighted by Crippen LogP contribution is -2.67. The molecular weight excluding hydrogens is 620 g/mol. The van der Waals surface area contributed by atoms with E-state index in [1.807, 2.05) is 0 Å². The lowest BCUT2D eigenvalue weighted by atomic mass is 9.54. The Hall–Kier alpha value is -1.05. The number of nitrogens with zero attached hydrogens (tertiary/aromatic N) is 2. The van der Waals surface area contributed by atoms with Crippen molar-refractivity contribution in [1.82, 2.24) is 9.80 Å². The summed E-state index contributed by atoms with van der Waals surface area (Å²) >= 11 is 0. The number of likely N-dealkylation sites (N-methyl/N-ethyl adjacent to an activating group) is 2. The molecule has 5 fully saturated rings. The standard InChI is InChI=1S/C32H56N2O13/c1-33(29(43)27(41)25(39)21(37)13-35)15-7-9-19-23(11-15)46-24-12-16(34(2)30(44)28(42)26(40)22(38)14-36)8-10-20(24)32(19)18-6-4-3-5-17(18)31(45)47-32/h15-30,35-44H,3-14H2,1-2H3. The molecule has 3 aliphatic carbocycles. The van der Waals surface area contributed by atoms with Gasteiger partial charge in [0.1, 0.15) is 54.7 Å². The van der Waals surface area contributed by atoms with Crippen LogP contribution in [-0.2, 0) is 14.3 Å². The fraction of sp³-hybridized carbons (Fsp3) is 0.969. The summed E-state index contributed by atoms with van der Waals surface area (Å²) in [5.74, 6) is -0.465. The molecule has 47 heavy (non-hydrogen) atoms. The van der Waals surface area contributed by atoms with Crippen LogP contribution < -0.4 is 0 Å². The topological polar surface area (TPSA) is 244 Å². The Morgan fingerprint density at radius 3 is 1.55 bits per heavy atom. The monoisotopic (exact) mass is 676 g/mol. The summed E-state index contributed by atoms with van der Waals surface area (Å²) in [5, 5.41) is 101. The van der Waals surface area contributed by atoms with E-state index in [0.717, 1.165) is 25.7 Å². The minimum atomic E-state index is -1.76. The average molecular weight is 677 g/mol. The van der Waals surface area contributed by atoms with Gasteiger partial charge in [-0.25, -0.2) is 0 Å². The van der Waals surface area contributed by atoms with Crippen LogP contribution in [-0.4, -0.2) is 173 Å². The zero-order valence-electron chi connectivity index (χ0n) is 27.3. The van der Waals surface area contributed by atoms with Crippen molar-refractivity contribution in [1.29, 1.82) is 0 Å². The molecular formula is C32H56N2O13. The normalized spacial score (nSPS) is 40.9. The minimum absolute atomic E-state index is 0.0428. The van der Waals surface area contributed by atoms with Gasteiger partial charge in [0.25, 0.3) is 0 Å². The van der Waals surface area contributed by atoms with Crippen LogP contribution in [0.1, 0.15) is 64.2 Å². The third-order valence-electron chi connectivity index (χ3n) is 12.4. The van der Waals surface area contributed by atoms with E-state index in [2.05, 4.69) is 0 Å². The maximum Gasteiger partial charge on any atom is 0.309 e. The fourth-order valence-corrected chi connectivity index (χ4v) is 9.71. The number of carbonyl (C=O) groups excluding carboxylic acids is 1. The van der Waals surface area contributed by atoms with Gasteiger partial charge in [-0.05, 0) is 65.5 Å². The van der Waals surface area contributed by atoms with Crippen LogP contribution in [0.4, 0.5) is 0 Å². The predicted octanol–water partition coefficient (Wildman–Crippen LogP) is -3.16. The van der Waals surface area contributed by atoms with Crippen molar-refractivity contribution < 1.29 is 65.3 Å². The molecule has 10 N–H and O–H groups in total. The van der Waals surface area contributed by atoms with E-state index in [0.29, 0.717) is 38.5 Å². The van der Waals surface area contributed by atoms with Crippen molar-refractivity contribution in [2.75, 3.05) is 27.3 Å². The van der Waals surface area contributed by atoms with Crippen molar-refractivity contribution in [2.45, 2.75) is 143 Å². The highest BCUT2D eigenvalue weighted by atomic mass is 16.6. The molecule has 0 aromatic rings. The number of aliphatic hydroxyl groups excluding tert-OH is 10. The number of rotatable bonds is 12. The molecule has 5 aliphatic rings. The number of fused-ring (bicyclic) bond motifs is 6. The van der Waals surface area contributed by atoms with Gasteiger partial charge in [-0.2, -0.15) is 0 Å². The largest absolute Gasteiger partial charge is 0.458 e. The highest BCUT2D eigenvalue weighted by Gasteiger charge is 2.69. The molecule has 5 rings (SSSR count). The van der Waals surface area contributed by atoms with E-state index in [-0.39, 0.29) is 53.9 Å². The zero-order valence-corrected chi connectivity index (χ0v) is 27.3. The number of hydrogen-bond donors (Lipinski definition) is 10. The van der Waals surface area contributed by atoms with Crippen molar-refractivity contribution in [2.24, 2.45) is 23.7 Å². The summed E-state index contributed by atoms with van der Waals surface area (Å²) in [4.78, 5) is 16.6. The first-order chi connectivity index (χ1) is 22.3. The summed E-state index contributed by atoms with van der Waals surface area (Å²) in [5.41, 5.74) is -0.734. The summed E-state index contributed by atoms with van der Waals surface area (Å²) in [6.45, 7) is -1.56. The van der Waals surface area contributed by atoms with Crippen LogP contribution >= 0.6 is 0 Å². The maximum absolute atomic E-state index is 13.5. The highest BCUT2D eigenvalue weighted by Crippen LogP contribution is 2.61. The van der Waals surface area contributed by atoms with Gasteiger partial charge >= 0.3 is 5.97 Å². The van der Waals surface area contributed by atoms with Crippen LogP contribution in [0.3, 0.4) is 0 Å². The Morgan fingerprint density at radius 2 is 1.11 bits per heavy atom. The molecule has 272 valence electrons. The van der Waals surface area contributed by atoms with Gasteiger partial charge in [-0.3, -0.25) is 14.6 Å². The van der Waals surface area contributed by atoms with Crippen molar-refractivity contribution >= 4 is 5.97 Å². The van der Waals surface area contributed by atoms with E-state index < -0.39 is 67.9 Å². The molecule has 16 atom stereocenters. The van der Waals surface area contributed by atoms with Crippen LogP contribution in [0.15, 0.2) is 0 Å². The number of aliphatic hydroxyl groups is 10. The van der Waals surface area contributed by atoms with Gasteiger partial charge in [0.2, 0.25) is 0 Å². The second kappa shape index (κ2) is 15.1. The SMILES string of the molecule is CN(C1CCC2C(C1)OC1CC(N(C)C(O)C(O)C(O)C(O)CO)CCC1C21OC(=O)C2CCCCC21)C(O)C(O)C(O)C(O)CO. The molecule has 1 spiro atoms. The Morgan fingerprint density at radius 1 is 0.660 bits per heavy atom. The molecule has 0 bridgehead atoms. The number of esters is 1. The third kappa shape index (κ3) is 6.74. The van der Waals surface area contributed by atoms with Gasteiger partial charge < -0.3 is 60.5 Å². The third-order valence-corrected chi connectivity index (χ3v) is 12.4. The first-order valence-electron chi connectivity index (χ1n) is 17.3. The van der Waals surface area contributed by atoms with Crippen molar-refractivity contribution in [3.05, 3.63) is 0 Å². The predicted molar refractivity (Wildman–Crippen MR) is 163 cm³/mol. The summed E-state index contributed by atoms with van der Waals surface area (Å²) in [7, 11) is 3.23. The summed E-state index contributed by atoms with van der Waals surface area (Å²) in [6.07, 6.45) is -7.05. The summed E-state index contributed by atoms with van der Waals surface area (Å²) < 4.78 is 13.5. The lowest BCUT2D eigenvalue weighted by Gasteiger charge is -2.60. The molecule has 0 amide bonds. The number of carbonyl (C=O) groups is 1. The van der Waals surface area contributed by atoms with Crippen LogP contribution in [0, 0.1) is 23.7 Å². The molecule has 3 saturated carbocycles. The molecule has 2 saturated heterocycles. The molecule has 2 aliphatic heterocycles. The minimum Gasteiger partial charge on any atom is -0.458 e.